The van der Waals surface area contributed by atoms with Crippen LogP contribution in [0.5, 0.6) is 0 Å². The van der Waals surface area contributed by atoms with Crippen LogP contribution in [0.25, 0.3) is 11.5 Å². The van der Waals surface area contributed by atoms with Crippen LogP contribution in [0.1, 0.15) is 17.5 Å². The maximum atomic E-state index is 14.1. The van der Waals surface area contributed by atoms with E-state index in [1.165, 1.54) is 18.5 Å². The van der Waals surface area contributed by atoms with Gasteiger partial charge in [-0.05, 0) is 58.9 Å². The van der Waals surface area contributed by atoms with Gasteiger partial charge >= 0.3 is 5.97 Å². The van der Waals surface area contributed by atoms with Crippen molar-refractivity contribution in [2.75, 3.05) is 11.9 Å². The summed E-state index contributed by atoms with van der Waals surface area (Å²) in [5.74, 6) is -1.16. The third kappa shape index (κ3) is 3.92. The van der Waals surface area contributed by atoms with Gasteiger partial charge in [0.15, 0.2) is 0 Å². The van der Waals surface area contributed by atoms with Crippen molar-refractivity contribution in [2.24, 2.45) is 0 Å². The lowest BCUT2D eigenvalue weighted by Crippen LogP contribution is -2.06. The summed E-state index contributed by atoms with van der Waals surface area (Å²) in [7, 11) is 0. The van der Waals surface area contributed by atoms with E-state index in [1.807, 2.05) is 22.6 Å². The van der Waals surface area contributed by atoms with Crippen LogP contribution in [0.15, 0.2) is 41.2 Å². The van der Waals surface area contributed by atoms with Crippen LogP contribution in [0.4, 0.5) is 15.8 Å². The lowest BCUT2D eigenvalue weighted by Gasteiger charge is -2.10. The molecule has 25 heavy (non-hydrogen) atoms. The Bertz CT molecular complexity index is 916. The molecule has 2 heterocycles. The van der Waals surface area contributed by atoms with Gasteiger partial charge in [0.25, 0.3) is 11.7 Å². The minimum absolute atomic E-state index is 0.0962. The molecular formula is C16H12FIN4O3. The predicted molar refractivity (Wildman–Crippen MR) is 95.9 cm³/mol. The Balaban J connectivity index is 1.92. The zero-order valence-electron chi connectivity index (χ0n) is 13.0. The van der Waals surface area contributed by atoms with Crippen molar-refractivity contribution in [3.63, 3.8) is 0 Å². The highest BCUT2D eigenvalue weighted by Crippen LogP contribution is 2.29. The summed E-state index contributed by atoms with van der Waals surface area (Å²) in [6.45, 7) is 1.89. The molecule has 0 bridgehead atoms. The number of carbonyl (C=O) groups excluding carboxylic acids is 1. The molecule has 0 amide bonds. The number of esters is 1. The summed E-state index contributed by atoms with van der Waals surface area (Å²) in [5, 5.41) is 6.55. The van der Waals surface area contributed by atoms with Gasteiger partial charge in [-0.2, -0.15) is 4.98 Å². The second-order valence-electron chi connectivity index (χ2n) is 4.81. The molecule has 0 fully saturated rings. The Labute approximate surface area is 155 Å². The second kappa shape index (κ2) is 7.55. The molecule has 1 aromatic carbocycles. The molecule has 9 heteroatoms. The average molecular weight is 454 g/mol. The van der Waals surface area contributed by atoms with Crippen molar-refractivity contribution in [1.82, 2.24) is 15.1 Å². The number of pyridine rings is 1. The molecule has 0 saturated carbocycles. The Morgan fingerprint density at radius 2 is 2.20 bits per heavy atom. The minimum Gasteiger partial charge on any atom is -0.460 e. The molecule has 128 valence electrons. The monoisotopic (exact) mass is 454 g/mol. The Morgan fingerprint density at radius 1 is 1.36 bits per heavy atom. The fourth-order valence-corrected chi connectivity index (χ4v) is 2.48. The molecule has 0 spiro atoms. The quantitative estimate of drug-likeness (QED) is 0.464. The average Bonchev–Trinajstić information content (AvgIpc) is 3.08. The van der Waals surface area contributed by atoms with E-state index in [9.17, 15) is 9.18 Å². The topological polar surface area (TPSA) is 90.1 Å². The van der Waals surface area contributed by atoms with Crippen molar-refractivity contribution in [2.45, 2.75) is 6.92 Å². The first kappa shape index (κ1) is 17.3. The van der Waals surface area contributed by atoms with Gasteiger partial charge in [-0.3, -0.25) is 4.98 Å². The number of ether oxygens (including phenoxy) is 1. The first-order chi connectivity index (χ1) is 12.1. The van der Waals surface area contributed by atoms with Gasteiger partial charge in [0.2, 0.25) is 0 Å². The Morgan fingerprint density at radius 3 is 2.96 bits per heavy atom. The molecule has 0 radical (unpaired) electrons. The highest BCUT2D eigenvalue weighted by atomic mass is 127. The number of carbonyl (C=O) groups is 1. The number of anilines is 2. The van der Waals surface area contributed by atoms with Crippen molar-refractivity contribution in [3.05, 3.63) is 51.9 Å². The molecule has 3 aromatic rings. The van der Waals surface area contributed by atoms with E-state index in [2.05, 4.69) is 20.4 Å². The summed E-state index contributed by atoms with van der Waals surface area (Å²) < 4.78 is 24.8. The molecule has 7 nitrogen and oxygen atoms in total. The van der Waals surface area contributed by atoms with Gasteiger partial charge in [-0.15, -0.1) is 0 Å². The van der Waals surface area contributed by atoms with E-state index in [1.54, 1.807) is 25.1 Å². The van der Waals surface area contributed by atoms with Gasteiger partial charge in [-0.25, -0.2) is 9.18 Å². The summed E-state index contributed by atoms with van der Waals surface area (Å²) >= 11 is 2.03. The predicted octanol–water partition coefficient (Wildman–Crippen LogP) is 3.80. The SMILES string of the molecule is CCOC(=O)c1noc(-c2ccncc2Nc2ccc(I)cc2F)n1. The van der Waals surface area contributed by atoms with Crippen molar-refractivity contribution in [1.29, 1.82) is 0 Å². The standard InChI is InChI=1S/C16H12FIN4O3/c1-2-24-16(23)14-21-15(25-22-14)10-5-6-19-8-13(10)20-12-4-3-9(18)7-11(12)17/h3-8,20H,2H2,1H3. The molecule has 0 aliphatic heterocycles. The third-order valence-electron chi connectivity index (χ3n) is 3.14. The summed E-state index contributed by atoms with van der Waals surface area (Å²) in [4.78, 5) is 19.7. The molecule has 0 atom stereocenters. The van der Waals surface area contributed by atoms with E-state index in [4.69, 9.17) is 9.26 Å². The first-order valence-corrected chi connectivity index (χ1v) is 8.33. The van der Waals surface area contributed by atoms with Crippen molar-refractivity contribution < 1.29 is 18.4 Å². The second-order valence-corrected chi connectivity index (χ2v) is 6.06. The number of halogens is 2. The molecule has 3 rings (SSSR count). The Hall–Kier alpha value is -2.56. The fourth-order valence-electron chi connectivity index (χ4n) is 2.03. The van der Waals surface area contributed by atoms with E-state index in [0.29, 0.717) is 11.3 Å². The van der Waals surface area contributed by atoms with Crippen molar-refractivity contribution >= 4 is 39.9 Å². The minimum atomic E-state index is -0.676. The van der Waals surface area contributed by atoms with Crippen LogP contribution < -0.4 is 5.32 Å². The van der Waals surface area contributed by atoms with E-state index in [0.717, 1.165) is 3.57 Å². The normalized spacial score (nSPS) is 10.5. The summed E-state index contributed by atoms with van der Waals surface area (Å²) in [6.07, 6.45) is 3.03. The van der Waals surface area contributed by atoms with Gasteiger partial charge in [-0.1, -0.05) is 0 Å². The molecule has 2 aromatic heterocycles. The van der Waals surface area contributed by atoms with Crippen LogP contribution in [0.2, 0.25) is 0 Å². The maximum Gasteiger partial charge on any atom is 0.379 e. The van der Waals surface area contributed by atoms with Crippen molar-refractivity contribution in [3.8, 4) is 11.5 Å². The zero-order valence-corrected chi connectivity index (χ0v) is 15.2. The molecule has 0 aliphatic carbocycles. The van der Waals surface area contributed by atoms with E-state index < -0.39 is 11.8 Å². The lowest BCUT2D eigenvalue weighted by molar-refractivity contribution is 0.0508. The molecular weight excluding hydrogens is 442 g/mol. The smallest absolute Gasteiger partial charge is 0.379 e. The highest BCUT2D eigenvalue weighted by molar-refractivity contribution is 14.1. The van der Waals surface area contributed by atoms with Gasteiger partial charge in [0, 0.05) is 9.77 Å². The van der Waals surface area contributed by atoms with E-state index >= 15 is 0 Å². The number of nitrogens with one attached hydrogen (secondary N) is 1. The largest absolute Gasteiger partial charge is 0.460 e. The number of rotatable bonds is 5. The zero-order chi connectivity index (χ0) is 17.8. The number of benzene rings is 1. The molecule has 0 aliphatic rings. The van der Waals surface area contributed by atoms with E-state index in [-0.39, 0.29) is 24.0 Å². The molecule has 1 N–H and O–H groups in total. The van der Waals surface area contributed by atoms with Crippen LogP contribution in [-0.2, 0) is 4.74 Å². The van der Waals surface area contributed by atoms with Crippen LogP contribution in [-0.4, -0.2) is 27.7 Å². The highest BCUT2D eigenvalue weighted by Gasteiger charge is 2.19. The maximum absolute atomic E-state index is 14.1. The van der Waals surface area contributed by atoms with Crippen LogP contribution >= 0.6 is 22.6 Å². The fraction of sp³-hybridized carbons (Fsp3) is 0.125. The van der Waals surface area contributed by atoms with Gasteiger partial charge < -0.3 is 14.6 Å². The van der Waals surface area contributed by atoms with Crippen LogP contribution in [0.3, 0.4) is 0 Å². The van der Waals surface area contributed by atoms with Crippen LogP contribution in [0, 0.1) is 9.39 Å². The van der Waals surface area contributed by atoms with Gasteiger partial charge in [0.05, 0.1) is 29.7 Å². The molecule has 0 unspecified atom stereocenters. The number of hydrogen-bond donors (Lipinski definition) is 1. The third-order valence-corrected chi connectivity index (χ3v) is 3.81. The number of nitrogens with zero attached hydrogens (tertiary/aromatic N) is 3. The summed E-state index contributed by atoms with van der Waals surface area (Å²) in [6, 6.07) is 6.42. The number of aromatic nitrogens is 3. The Kier molecular flexibility index (Phi) is 5.22. The van der Waals surface area contributed by atoms with Gasteiger partial charge in [0.1, 0.15) is 5.82 Å². The molecule has 0 saturated heterocycles. The first-order valence-electron chi connectivity index (χ1n) is 7.25. The summed E-state index contributed by atoms with van der Waals surface area (Å²) in [5.41, 5.74) is 1.22. The number of hydrogen-bond acceptors (Lipinski definition) is 7. The lowest BCUT2D eigenvalue weighted by atomic mass is 10.2.